The van der Waals surface area contributed by atoms with Crippen LogP contribution in [-0.2, 0) is 11.2 Å². The number of ether oxygens (including phenoxy) is 1. The molecular weight excluding hydrogens is 486 g/mol. The standard InChI is InChI=1S/C24H21N5O4S2/c1-33-22-18(23(32)29-9-7-15(12-29)11-14-5-3-2-4-6-14)27-17-16(26-22)13-35-20(17)19(30)21(31)28-24-25-8-10-34-24/h2-6,8,10,13,15H,7,9,11-12H2,1H3,(H,25,28,31). The summed E-state index contributed by atoms with van der Waals surface area (Å²) < 4.78 is 5.36. The molecule has 1 N–H and O–H groups in total. The van der Waals surface area contributed by atoms with Crippen LogP contribution < -0.4 is 10.1 Å². The van der Waals surface area contributed by atoms with E-state index >= 15 is 0 Å². The fourth-order valence-electron chi connectivity index (χ4n) is 4.12. The number of nitrogens with zero attached hydrogens (tertiary/aromatic N) is 4. The number of benzene rings is 1. The summed E-state index contributed by atoms with van der Waals surface area (Å²) in [5.41, 5.74) is 1.87. The van der Waals surface area contributed by atoms with Crippen LogP contribution >= 0.6 is 22.7 Å². The summed E-state index contributed by atoms with van der Waals surface area (Å²) in [7, 11) is 1.43. The fraction of sp³-hybridized carbons (Fsp3) is 0.250. The first kappa shape index (κ1) is 23.1. The van der Waals surface area contributed by atoms with Crippen LogP contribution in [0.4, 0.5) is 5.13 Å². The number of hydrogen-bond donors (Lipinski definition) is 1. The van der Waals surface area contributed by atoms with Gasteiger partial charge in [-0.25, -0.2) is 15.0 Å². The van der Waals surface area contributed by atoms with Crippen molar-refractivity contribution in [2.75, 3.05) is 25.5 Å². The quantitative estimate of drug-likeness (QED) is 0.300. The Morgan fingerprint density at radius 3 is 2.74 bits per heavy atom. The predicted octanol–water partition coefficient (Wildman–Crippen LogP) is 3.68. The second-order valence-corrected chi connectivity index (χ2v) is 9.87. The monoisotopic (exact) mass is 507 g/mol. The number of anilines is 1. The van der Waals surface area contributed by atoms with E-state index in [9.17, 15) is 14.4 Å². The average molecular weight is 508 g/mol. The van der Waals surface area contributed by atoms with Crippen molar-refractivity contribution in [3.63, 3.8) is 0 Å². The van der Waals surface area contributed by atoms with Gasteiger partial charge in [0.05, 0.1) is 7.11 Å². The molecule has 1 saturated heterocycles. The molecule has 0 spiro atoms. The molecule has 35 heavy (non-hydrogen) atoms. The maximum Gasteiger partial charge on any atom is 0.299 e. The molecule has 9 nitrogen and oxygen atoms in total. The van der Waals surface area contributed by atoms with Gasteiger partial charge in [-0.1, -0.05) is 30.3 Å². The van der Waals surface area contributed by atoms with Crippen LogP contribution in [0.25, 0.3) is 11.0 Å². The first-order valence-electron chi connectivity index (χ1n) is 10.9. The molecule has 0 bridgehead atoms. The minimum atomic E-state index is -0.822. The maximum absolute atomic E-state index is 13.4. The van der Waals surface area contributed by atoms with Gasteiger partial charge >= 0.3 is 0 Å². The third-order valence-corrected chi connectivity index (χ3v) is 7.44. The van der Waals surface area contributed by atoms with Gasteiger partial charge < -0.3 is 9.64 Å². The van der Waals surface area contributed by atoms with Crippen LogP contribution in [0.15, 0.2) is 47.3 Å². The van der Waals surface area contributed by atoms with Crippen LogP contribution in [0, 0.1) is 5.92 Å². The second-order valence-electron chi connectivity index (χ2n) is 8.10. The second kappa shape index (κ2) is 9.88. The molecule has 3 aromatic heterocycles. The Hall–Kier alpha value is -3.70. The Bertz CT molecular complexity index is 1390. The van der Waals surface area contributed by atoms with Crippen LogP contribution in [0.2, 0.25) is 0 Å². The molecule has 1 aliphatic rings. The zero-order chi connectivity index (χ0) is 24.4. The molecule has 1 atom stereocenters. The summed E-state index contributed by atoms with van der Waals surface area (Å²) in [6, 6.07) is 10.2. The fourth-order valence-corrected chi connectivity index (χ4v) is 5.50. The Morgan fingerprint density at radius 1 is 1.17 bits per heavy atom. The lowest BCUT2D eigenvalue weighted by Gasteiger charge is -2.17. The SMILES string of the molecule is COc1nc2csc(C(=O)C(=O)Nc3nccs3)c2nc1C(=O)N1CCC(Cc2ccccc2)C1. The molecule has 5 rings (SSSR count). The number of nitrogens with one attached hydrogen (secondary N) is 1. The number of likely N-dealkylation sites (tertiary alicyclic amines) is 1. The van der Waals surface area contributed by atoms with Gasteiger partial charge in [-0.15, -0.1) is 22.7 Å². The molecule has 1 aliphatic heterocycles. The van der Waals surface area contributed by atoms with Gasteiger partial charge in [0.2, 0.25) is 5.88 Å². The van der Waals surface area contributed by atoms with Crippen molar-refractivity contribution in [2.24, 2.45) is 5.92 Å². The van der Waals surface area contributed by atoms with Crippen molar-refractivity contribution in [2.45, 2.75) is 12.8 Å². The van der Waals surface area contributed by atoms with E-state index in [0.29, 0.717) is 29.7 Å². The van der Waals surface area contributed by atoms with E-state index in [1.165, 1.54) is 30.2 Å². The number of carbonyl (C=O) groups is 3. The number of aromatic nitrogens is 3. The summed E-state index contributed by atoms with van der Waals surface area (Å²) in [5.74, 6) is -1.45. The number of Topliss-reactive ketones (excluding diaryl/α,β-unsaturated/α-hetero) is 1. The summed E-state index contributed by atoms with van der Waals surface area (Å²) in [5, 5.41) is 6.12. The highest BCUT2D eigenvalue weighted by atomic mass is 32.1. The molecule has 1 unspecified atom stereocenters. The molecule has 0 aliphatic carbocycles. The van der Waals surface area contributed by atoms with E-state index in [1.807, 2.05) is 18.2 Å². The van der Waals surface area contributed by atoms with Crippen molar-refractivity contribution in [1.82, 2.24) is 19.9 Å². The minimum absolute atomic E-state index is 0.0353. The van der Waals surface area contributed by atoms with E-state index < -0.39 is 11.7 Å². The smallest absolute Gasteiger partial charge is 0.299 e. The predicted molar refractivity (Wildman–Crippen MR) is 133 cm³/mol. The Balaban J connectivity index is 1.38. The zero-order valence-electron chi connectivity index (χ0n) is 18.8. The van der Waals surface area contributed by atoms with Gasteiger partial charge in [0.1, 0.15) is 15.9 Å². The van der Waals surface area contributed by atoms with Gasteiger partial charge in [-0.3, -0.25) is 19.7 Å². The number of thiophene rings is 1. The highest BCUT2D eigenvalue weighted by Gasteiger charge is 2.31. The van der Waals surface area contributed by atoms with Gasteiger partial charge in [0.25, 0.3) is 17.6 Å². The minimum Gasteiger partial charge on any atom is -0.479 e. The van der Waals surface area contributed by atoms with Crippen LogP contribution in [-0.4, -0.2) is 57.6 Å². The van der Waals surface area contributed by atoms with Crippen molar-refractivity contribution in [3.05, 3.63) is 63.4 Å². The van der Waals surface area contributed by atoms with Crippen molar-refractivity contribution >= 4 is 56.4 Å². The molecule has 1 fully saturated rings. The first-order chi connectivity index (χ1) is 17.0. The summed E-state index contributed by atoms with van der Waals surface area (Å²) >= 11 is 2.26. The molecule has 0 saturated carbocycles. The molecule has 11 heteroatoms. The number of rotatable bonds is 7. The molecule has 1 aromatic carbocycles. The topological polar surface area (TPSA) is 114 Å². The normalized spacial score (nSPS) is 15.3. The Kier molecular flexibility index (Phi) is 6.51. The average Bonchev–Trinajstić information content (AvgIpc) is 3.64. The number of methoxy groups -OCH3 is 1. The van der Waals surface area contributed by atoms with Gasteiger partial charge in [0.15, 0.2) is 10.8 Å². The molecule has 4 aromatic rings. The maximum atomic E-state index is 13.4. The molecular formula is C24H21N5O4S2. The molecule has 4 heterocycles. The first-order valence-corrected chi connectivity index (χ1v) is 12.7. The van der Waals surface area contributed by atoms with Crippen molar-refractivity contribution < 1.29 is 19.1 Å². The van der Waals surface area contributed by atoms with E-state index in [2.05, 4.69) is 32.4 Å². The van der Waals surface area contributed by atoms with Crippen molar-refractivity contribution in [1.29, 1.82) is 0 Å². The summed E-state index contributed by atoms with van der Waals surface area (Å²) in [4.78, 5) is 53.4. The number of carbonyl (C=O) groups excluding carboxylic acids is 3. The van der Waals surface area contributed by atoms with Crippen LogP contribution in [0.5, 0.6) is 5.88 Å². The van der Waals surface area contributed by atoms with Crippen LogP contribution in [0.3, 0.4) is 0 Å². The lowest BCUT2D eigenvalue weighted by molar-refractivity contribution is -0.112. The lowest BCUT2D eigenvalue weighted by atomic mass is 9.99. The number of fused-ring (bicyclic) bond motifs is 1. The molecule has 178 valence electrons. The number of ketones is 1. The largest absolute Gasteiger partial charge is 0.479 e. The zero-order valence-corrected chi connectivity index (χ0v) is 20.4. The van der Waals surface area contributed by atoms with E-state index in [1.54, 1.807) is 15.7 Å². The third-order valence-electron chi connectivity index (χ3n) is 5.80. The number of amides is 2. The lowest BCUT2D eigenvalue weighted by Crippen LogP contribution is -2.30. The summed E-state index contributed by atoms with van der Waals surface area (Å²) in [6.07, 6.45) is 3.31. The van der Waals surface area contributed by atoms with Gasteiger partial charge in [-0.05, 0) is 24.3 Å². The van der Waals surface area contributed by atoms with Crippen LogP contribution in [0.1, 0.15) is 32.1 Å². The van der Waals surface area contributed by atoms with Crippen molar-refractivity contribution in [3.8, 4) is 5.88 Å². The number of hydrogen-bond acceptors (Lipinski definition) is 9. The highest BCUT2D eigenvalue weighted by molar-refractivity contribution is 7.15. The molecule has 0 radical (unpaired) electrons. The molecule has 2 amide bonds. The van der Waals surface area contributed by atoms with Gasteiger partial charge in [-0.2, -0.15) is 0 Å². The van der Waals surface area contributed by atoms with Gasteiger partial charge in [0, 0.05) is 30.0 Å². The van der Waals surface area contributed by atoms with E-state index in [-0.39, 0.29) is 27.9 Å². The Labute approximate surface area is 208 Å². The summed E-state index contributed by atoms with van der Waals surface area (Å²) in [6.45, 7) is 1.20. The highest BCUT2D eigenvalue weighted by Crippen LogP contribution is 2.30. The Morgan fingerprint density at radius 2 is 2.00 bits per heavy atom. The van der Waals surface area contributed by atoms with E-state index in [4.69, 9.17) is 4.74 Å². The number of thiazole rings is 1. The van der Waals surface area contributed by atoms with E-state index in [0.717, 1.165) is 24.2 Å². The third kappa shape index (κ3) is 4.77.